The molecule has 13 heteroatoms. The number of aliphatic hydroxyl groups is 7. The number of carbonyl (C=O) groups is 1. The largest absolute Gasteiger partial charge is 0.479 e. The maximum atomic E-state index is 11.8. The molecule has 0 aromatic rings. The zero-order valence-corrected chi connectivity index (χ0v) is 22.0. The Bertz CT molecular complexity index is 665. The summed E-state index contributed by atoms with van der Waals surface area (Å²) in [5, 5.41) is 79.7. The molecule has 4 unspecified atom stereocenters. The van der Waals surface area contributed by atoms with Crippen LogP contribution in [0.3, 0.4) is 0 Å². The van der Waals surface area contributed by atoms with Crippen LogP contribution in [0.15, 0.2) is 0 Å². The summed E-state index contributed by atoms with van der Waals surface area (Å²) in [5.74, 6) is -1.25. The van der Waals surface area contributed by atoms with E-state index in [1.165, 1.54) is 25.7 Å². The first-order valence-electron chi connectivity index (χ1n) is 13.6. The van der Waals surface area contributed by atoms with Crippen LogP contribution < -0.4 is 0 Å². The summed E-state index contributed by atoms with van der Waals surface area (Å²) in [6, 6.07) is 0. The van der Waals surface area contributed by atoms with Gasteiger partial charge in [0, 0.05) is 0 Å². The normalized spacial score (nSPS) is 36.7. The Kier molecular flexibility index (Phi) is 14.9. The molecule has 0 aliphatic carbocycles. The van der Waals surface area contributed by atoms with Gasteiger partial charge in [-0.1, -0.05) is 64.7 Å². The zero-order valence-electron chi connectivity index (χ0n) is 22.0. The van der Waals surface area contributed by atoms with Crippen molar-refractivity contribution in [1.29, 1.82) is 0 Å². The van der Waals surface area contributed by atoms with Crippen LogP contribution in [0.2, 0.25) is 0 Å². The van der Waals surface area contributed by atoms with Gasteiger partial charge in [0.2, 0.25) is 0 Å². The maximum absolute atomic E-state index is 11.8. The molecular formula is C25H46O13. The van der Waals surface area contributed by atoms with Crippen LogP contribution in [0.4, 0.5) is 0 Å². The molecule has 2 rings (SSSR count). The molecule has 0 aromatic carbocycles. The number of carboxylic acid groups (broad SMARTS) is 1. The van der Waals surface area contributed by atoms with E-state index in [4.69, 9.17) is 18.9 Å². The number of ether oxygens (including phenoxy) is 4. The minimum Gasteiger partial charge on any atom is -0.479 e. The summed E-state index contributed by atoms with van der Waals surface area (Å²) in [6.45, 7) is 0.979. The van der Waals surface area contributed by atoms with E-state index in [9.17, 15) is 45.6 Å². The van der Waals surface area contributed by atoms with Gasteiger partial charge in [-0.3, -0.25) is 0 Å². The van der Waals surface area contributed by atoms with Gasteiger partial charge in [-0.2, -0.15) is 0 Å². The van der Waals surface area contributed by atoms with E-state index < -0.39 is 86.7 Å². The topological polar surface area (TPSA) is 216 Å². The molecule has 0 radical (unpaired) electrons. The monoisotopic (exact) mass is 554 g/mol. The van der Waals surface area contributed by atoms with E-state index in [1.54, 1.807) is 0 Å². The van der Waals surface area contributed by atoms with Crippen LogP contribution in [0.25, 0.3) is 0 Å². The molecule has 2 aliphatic rings. The lowest BCUT2D eigenvalue weighted by atomic mass is 9.98. The summed E-state index contributed by atoms with van der Waals surface area (Å²) in [5.41, 5.74) is 0. The third-order valence-electron chi connectivity index (χ3n) is 7.09. The van der Waals surface area contributed by atoms with Gasteiger partial charge in [0.1, 0.15) is 48.8 Å². The van der Waals surface area contributed by atoms with Crippen molar-refractivity contribution < 1.29 is 64.6 Å². The molecule has 0 amide bonds. The number of carboxylic acids is 1. The molecule has 13 nitrogen and oxygen atoms in total. The fraction of sp³-hybridized carbons (Fsp3) is 0.960. The van der Waals surface area contributed by atoms with Crippen LogP contribution in [0.1, 0.15) is 71.1 Å². The van der Waals surface area contributed by atoms with Crippen molar-refractivity contribution in [1.82, 2.24) is 0 Å². The van der Waals surface area contributed by atoms with E-state index in [2.05, 4.69) is 6.92 Å². The minimum atomic E-state index is -1.75. The van der Waals surface area contributed by atoms with Crippen molar-refractivity contribution in [3.63, 3.8) is 0 Å². The van der Waals surface area contributed by atoms with Gasteiger partial charge in [-0.25, -0.2) is 4.79 Å². The molecule has 2 fully saturated rings. The predicted molar refractivity (Wildman–Crippen MR) is 131 cm³/mol. The molecule has 0 saturated carbocycles. The number of rotatable bonds is 17. The van der Waals surface area contributed by atoms with Crippen molar-refractivity contribution in [2.45, 2.75) is 139 Å². The second kappa shape index (κ2) is 17.0. The minimum absolute atomic E-state index is 0.169. The summed E-state index contributed by atoms with van der Waals surface area (Å²) >= 11 is 0. The van der Waals surface area contributed by atoms with E-state index in [0.29, 0.717) is 6.42 Å². The van der Waals surface area contributed by atoms with Crippen LogP contribution in [0.5, 0.6) is 0 Å². The molecule has 0 spiro atoms. The number of aliphatic hydroxyl groups excluding tert-OH is 7. The molecular weight excluding hydrogens is 508 g/mol. The first-order chi connectivity index (χ1) is 18.1. The smallest absolute Gasteiger partial charge is 0.332 e. The highest BCUT2D eigenvalue weighted by Gasteiger charge is 2.48. The zero-order chi connectivity index (χ0) is 28.2. The average molecular weight is 555 g/mol. The third kappa shape index (κ3) is 9.59. The fourth-order valence-corrected chi connectivity index (χ4v) is 4.61. The summed E-state index contributed by atoms with van der Waals surface area (Å²) < 4.78 is 21.6. The van der Waals surface area contributed by atoms with Crippen molar-refractivity contribution in [3.05, 3.63) is 0 Å². The Balaban J connectivity index is 1.86. The number of hydrogen-bond acceptors (Lipinski definition) is 12. The molecule has 0 bridgehead atoms. The maximum Gasteiger partial charge on any atom is 0.332 e. The Labute approximate surface area is 222 Å². The lowest BCUT2D eigenvalue weighted by molar-refractivity contribution is -0.335. The molecule has 8 N–H and O–H groups in total. The molecule has 38 heavy (non-hydrogen) atoms. The van der Waals surface area contributed by atoms with Crippen molar-refractivity contribution in [2.75, 3.05) is 13.2 Å². The molecule has 11 atom stereocenters. The first-order valence-corrected chi connectivity index (χ1v) is 13.6. The molecule has 2 heterocycles. The van der Waals surface area contributed by atoms with Crippen molar-refractivity contribution in [3.8, 4) is 0 Å². The molecule has 2 saturated heterocycles. The second-order valence-electron chi connectivity index (χ2n) is 10.1. The van der Waals surface area contributed by atoms with E-state index in [-0.39, 0.29) is 6.42 Å². The lowest BCUT2D eigenvalue weighted by Crippen LogP contribution is -2.62. The van der Waals surface area contributed by atoms with Crippen molar-refractivity contribution >= 4 is 5.97 Å². The van der Waals surface area contributed by atoms with E-state index >= 15 is 0 Å². The molecule has 224 valence electrons. The molecule has 2 aliphatic heterocycles. The fourth-order valence-electron chi connectivity index (χ4n) is 4.61. The predicted octanol–water partition coefficient (Wildman–Crippen LogP) is -0.999. The van der Waals surface area contributed by atoms with Gasteiger partial charge in [-0.15, -0.1) is 0 Å². The van der Waals surface area contributed by atoms with Gasteiger partial charge in [0.15, 0.2) is 18.7 Å². The second-order valence-corrected chi connectivity index (χ2v) is 10.1. The number of aliphatic carboxylic acids is 1. The highest BCUT2D eigenvalue weighted by atomic mass is 16.7. The number of hydrogen-bond donors (Lipinski definition) is 8. The standard InChI is InChI=1S/C25H46O13/c1-2-3-4-5-6-7-8-9-10-11-14(23(33)34)36-25-22(32)20(30)18(28)16(38-25)13-35-24-21(31)19(29)17(27)15(12-26)37-24/h14-22,24-32H,2-13H2,1H3,(H,33,34)/t14-,15?,16?,17-,18-,19-,20-,21?,22?,24+,25+/m0/s1. The van der Waals surface area contributed by atoms with Gasteiger partial charge in [-0.05, 0) is 6.42 Å². The van der Waals surface area contributed by atoms with Gasteiger partial charge >= 0.3 is 5.97 Å². The van der Waals surface area contributed by atoms with Gasteiger partial charge < -0.3 is 59.8 Å². The van der Waals surface area contributed by atoms with E-state index in [0.717, 1.165) is 25.7 Å². The summed E-state index contributed by atoms with van der Waals surface area (Å²) in [7, 11) is 0. The Morgan fingerprint density at radius 3 is 1.76 bits per heavy atom. The highest BCUT2D eigenvalue weighted by Crippen LogP contribution is 2.27. The highest BCUT2D eigenvalue weighted by molar-refractivity contribution is 5.72. The average Bonchev–Trinajstić information content (AvgIpc) is 2.90. The molecule has 0 aromatic heterocycles. The third-order valence-corrected chi connectivity index (χ3v) is 7.09. The van der Waals surface area contributed by atoms with Crippen LogP contribution in [-0.4, -0.2) is 128 Å². The Morgan fingerprint density at radius 2 is 1.21 bits per heavy atom. The lowest BCUT2D eigenvalue weighted by Gasteiger charge is -2.43. The Hall–Kier alpha value is -0.970. The van der Waals surface area contributed by atoms with Crippen molar-refractivity contribution in [2.24, 2.45) is 0 Å². The van der Waals surface area contributed by atoms with Gasteiger partial charge in [0.25, 0.3) is 0 Å². The van der Waals surface area contributed by atoms with Gasteiger partial charge in [0.05, 0.1) is 13.2 Å². The summed E-state index contributed by atoms with van der Waals surface area (Å²) in [6.07, 6.45) is -7.41. The number of unbranched alkanes of at least 4 members (excludes halogenated alkanes) is 8. The summed E-state index contributed by atoms with van der Waals surface area (Å²) in [4.78, 5) is 11.8. The Morgan fingerprint density at radius 1 is 0.711 bits per heavy atom. The van der Waals surface area contributed by atoms with Crippen LogP contribution >= 0.6 is 0 Å². The first kappa shape index (κ1) is 33.2. The van der Waals surface area contributed by atoms with E-state index in [1.807, 2.05) is 0 Å². The van der Waals surface area contributed by atoms with Crippen LogP contribution in [-0.2, 0) is 23.7 Å². The van der Waals surface area contributed by atoms with Crippen LogP contribution in [0, 0.1) is 0 Å². The quantitative estimate of drug-likeness (QED) is 0.101. The SMILES string of the molecule is CCCCCCCCCCC[C@H](O[C@@H]1OC(CO[C@@H]2OC(CO)[C@H](O)[C@H](O)C2O)[C@H](O)[C@H](O)C1O)C(=O)O.